The van der Waals surface area contributed by atoms with Crippen LogP contribution in [0.1, 0.15) is 44.2 Å². The van der Waals surface area contributed by atoms with E-state index >= 15 is 0 Å². The Hall–Kier alpha value is -1.42. The van der Waals surface area contributed by atoms with Gasteiger partial charge in [-0.05, 0) is 31.4 Å². The third kappa shape index (κ3) is 3.81. The highest BCUT2D eigenvalue weighted by atomic mass is 16.1. The molecule has 1 unspecified atom stereocenters. The number of nitrogens with one attached hydrogen (secondary N) is 2. The van der Waals surface area contributed by atoms with Crippen molar-refractivity contribution in [1.82, 2.24) is 15.6 Å². The number of carbonyl (C=O) groups is 1. The molecule has 4 nitrogen and oxygen atoms in total. The van der Waals surface area contributed by atoms with Gasteiger partial charge in [-0.2, -0.15) is 0 Å². The molecule has 1 aromatic rings. The normalized spacial score (nSPS) is 17.6. The van der Waals surface area contributed by atoms with Gasteiger partial charge in [-0.25, -0.2) is 0 Å². The van der Waals surface area contributed by atoms with Gasteiger partial charge >= 0.3 is 0 Å². The molecule has 0 bridgehead atoms. The van der Waals surface area contributed by atoms with E-state index < -0.39 is 0 Å². The third-order valence-electron chi connectivity index (χ3n) is 3.47. The van der Waals surface area contributed by atoms with Crippen molar-refractivity contribution in [3.63, 3.8) is 0 Å². The van der Waals surface area contributed by atoms with E-state index in [1.807, 2.05) is 25.3 Å². The number of carbonyl (C=O) groups excluding carboxylic acids is 1. The Morgan fingerprint density at radius 1 is 1.50 bits per heavy atom. The summed E-state index contributed by atoms with van der Waals surface area (Å²) in [4.78, 5) is 15.8. The molecular formula is C14H21N3O. The number of amides is 1. The van der Waals surface area contributed by atoms with Crippen molar-refractivity contribution in [2.75, 3.05) is 6.54 Å². The van der Waals surface area contributed by atoms with E-state index in [2.05, 4.69) is 15.6 Å². The molecule has 0 aromatic carbocycles. The van der Waals surface area contributed by atoms with Crippen LogP contribution in [0.25, 0.3) is 0 Å². The fourth-order valence-electron chi connectivity index (χ4n) is 2.34. The molecule has 1 amide bonds. The Morgan fingerprint density at radius 2 is 2.28 bits per heavy atom. The molecule has 1 heterocycles. The van der Waals surface area contributed by atoms with Gasteiger partial charge in [0.1, 0.15) is 0 Å². The first kappa shape index (κ1) is 13.0. The van der Waals surface area contributed by atoms with Crippen molar-refractivity contribution in [2.45, 2.75) is 44.7 Å². The molecule has 0 saturated heterocycles. The van der Waals surface area contributed by atoms with Crippen molar-refractivity contribution in [3.05, 3.63) is 30.1 Å². The summed E-state index contributed by atoms with van der Waals surface area (Å²) in [6, 6.07) is 4.46. The molecule has 1 aromatic heterocycles. The van der Waals surface area contributed by atoms with Crippen LogP contribution in [0.4, 0.5) is 0 Å². The average Bonchev–Trinajstić information content (AvgIpc) is 2.90. The smallest absolute Gasteiger partial charge is 0.234 e. The molecule has 1 saturated carbocycles. The predicted octanol–water partition coefficient (Wildman–Crippen LogP) is 1.79. The van der Waals surface area contributed by atoms with Crippen LogP contribution in [0.3, 0.4) is 0 Å². The van der Waals surface area contributed by atoms with Crippen LogP contribution in [-0.2, 0) is 4.79 Å². The maximum absolute atomic E-state index is 11.7. The minimum Gasteiger partial charge on any atom is -0.352 e. The van der Waals surface area contributed by atoms with Crippen molar-refractivity contribution >= 4 is 5.91 Å². The molecule has 4 heteroatoms. The Morgan fingerprint density at radius 3 is 2.94 bits per heavy atom. The molecule has 2 rings (SSSR count). The summed E-state index contributed by atoms with van der Waals surface area (Å²) in [6.45, 7) is 2.41. The minimum atomic E-state index is 0.0950. The fourth-order valence-corrected chi connectivity index (χ4v) is 2.34. The second kappa shape index (κ2) is 6.50. The Kier molecular flexibility index (Phi) is 4.70. The number of hydrogen-bond donors (Lipinski definition) is 2. The first-order valence-corrected chi connectivity index (χ1v) is 6.68. The lowest BCUT2D eigenvalue weighted by molar-refractivity contribution is -0.121. The lowest BCUT2D eigenvalue weighted by atomic mass is 10.1. The van der Waals surface area contributed by atoms with Gasteiger partial charge in [0, 0.05) is 24.5 Å². The maximum Gasteiger partial charge on any atom is 0.234 e. The van der Waals surface area contributed by atoms with Crippen LogP contribution in [0.2, 0.25) is 0 Å². The third-order valence-corrected chi connectivity index (χ3v) is 3.47. The number of nitrogens with zero attached hydrogens (tertiary/aromatic N) is 1. The molecule has 98 valence electrons. The van der Waals surface area contributed by atoms with E-state index in [-0.39, 0.29) is 11.9 Å². The van der Waals surface area contributed by atoms with Crippen LogP contribution in [0.5, 0.6) is 0 Å². The number of aromatic nitrogens is 1. The summed E-state index contributed by atoms with van der Waals surface area (Å²) in [5, 5.41) is 6.29. The molecule has 2 N–H and O–H groups in total. The first-order valence-electron chi connectivity index (χ1n) is 6.68. The molecule has 1 atom stereocenters. The van der Waals surface area contributed by atoms with Crippen LogP contribution in [0, 0.1) is 0 Å². The predicted molar refractivity (Wildman–Crippen MR) is 71.1 cm³/mol. The van der Waals surface area contributed by atoms with E-state index in [0.717, 1.165) is 18.4 Å². The molecule has 0 spiro atoms. The zero-order valence-electron chi connectivity index (χ0n) is 10.9. The van der Waals surface area contributed by atoms with Crippen LogP contribution < -0.4 is 10.6 Å². The standard InChI is InChI=1S/C14H21N3O/c1-11(12-5-4-8-15-9-12)16-10-14(18)17-13-6-2-3-7-13/h4-5,8-9,11,13,16H,2-3,6-7,10H2,1H3,(H,17,18). The van der Waals surface area contributed by atoms with Gasteiger partial charge in [-0.15, -0.1) is 0 Å². The molecule has 1 fully saturated rings. The van der Waals surface area contributed by atoms with Crippen molar-refractivity contribution in [1.29, 1.82) is 0 Å². The monoisotopic (exact) mass is 247 g/mol. The van der Waals surface area contributed by atoms with Crippen molar-refractivity contribution in [2.24, 2.45) is 0 Å². The van der Waals surface area contributed by atoms with Gasteiger partial charge in [0.05, 0.1) is 6.54 Å². The van der Waals surface area contributed by atoms with Crippen LogP contribution in [0.15, 0.2) is 24.5 Å². The van der Waals surface area contributed by atoms with Gasteiger partial charge in [0.15, 0.2) is 0 Å². The quantitative estimate of drug-likeness (QED) is 0.834. The van der Waals surface area contributed by atoms with Gasteiger partial charge in [-0.1, -0.05) is 18.9 Å². The highest BCUT2D eigenvalue weighted by Gasteiger charge is 2.17. The molecule has 18 heavy (non-hydrogen) atoms. The van der Waals surface area contributed by atoms with Crippen molar-refractivity contribution < 1.29 is 4.79 Å². The second-order valence-corrected chi connectivity index (χ2v) is 4.94. The van der Waals surface area contributed by atoms with Gasteiger partial charge in [-0.3, -0.25) is 9.78 Å². The Labute approximate surface area is 108 Å². The van der Waals surface area contributed by atoms with Gasteiger partial charge in [0.25, 0.3) is 0 Å². The summed E-state index contributed by atoms with van der Waals surface area (Å²) < 4.78 is 0. The average molecular weight is 247 g/mol. The number of rotatable bonds is 5. The molecular weight excluding hydrogens is 226 g/mol. The Bertz CT molecular complexity index is 374. The first-order chi connectivity index (χ1) is 8.75. The highest BCUT2D eigenvalue weighted by Crippen LogP contribution is 2.17. The van der Waals surface area contributed by atoms with E-state index in [9.17, 15) is 4.79 Å². The second-order valence-electron chi connectivity index (χ2n) is 4.94. The summed E-state index contributed by atoms with van der Waals surface area (Å²) in [7, 11) is 0. The lowest BCUT2D eigenvalue weighted by Gasteiger charge is -2.16. The van der Waals surface area contributed by atoms with E-state index in [0.29, 0.717) is 12.6 Å². The number of pyridine rings is 1. The lowest BCUT2D eigenvalue weighted by Crippen LogP contribution is -2.39. The summed E-state index contributed by atoms with van der Waals surface area (Å²) >= 11 is 0. The number of hydrogen-bond acceptors (Lipinski definition) is 3. The minimum absolute atomic E-state index is 0.0950. The van der Waals surface area contributed by atoms with Crippen LogP contribution in [-0.4, -0.2) is 23.5 Å². The SMILES string of the molecule is CC(NCC(=O)NC1CCCC1)c1cccnc1. The summed E-state index contributed by atoms with van der Waals surface area (Å²) in [5.74, 6) is 0.0950. The van der Waals surface area contributed by atoms with E-state index in [1.165, 1.54) is 12.8 Å². The molecule has 0 aliphatic heterocycles. The molecule has 1 aliphatic rings. The Balaban J connectivity index is 1.72. The highest BCUT2D eigenvalue weighted by molar-refractivity contribution is 5.78. The molecule has 1 aliphatic carbocycles. The molecule has 0 radical (unpaired) electrons. The summed E-state index contributed by atoms with van der Waals surface area (Å²) in [5.41, 5.74) is 1.10. The zero-order chi connectivity index (χ0) is 12.8. The maximum atomic E-state index is 11.7. The van der Waals surface area contributed by atoms with E-state index in [4.69, 9.17) is 0 Å². The van der Waals surface area contributed by atoms with Crippen molar-refractivity contribution in [3.8, 4) is 0 Å². The van der Waals surface area contributed by atoms with Gasteiger partial charge in [0.2, 0.25) is 5.91 Å². The van der Waals surface area contributed by atoms with Crippen LogP contribution >= 0.6 is 0 Å². The summed E-state index contributed by atoms with van der Waals surface area (Å²) in [6.07, 6.45) is 8.32. The van der Waals surface area contributed by atoms with E-state index in [1.54, 1.807) is 6.20 Å². The van der Waals surface area contributed by atoms with Gasteiger partial charge < -0.3 is 10.6 Å². The topological polar surface area (TPSA) is 54.0 Å². The fraction of sp³-hybridized carbons (Fsp3) is 0.571. The largest absolute Gasteiger partial charge is 0.352 e. The zero-order valence-corrected chi connectivity index (χ0v) is 10.9.